The average molecular weight is 216 g/mol. The molecule has 0 heterocycles. The van der Waals surface area contributed by atoms with E-state index in [9.17, 15) is 0 Å². The lowest BCUT2D eigenvalue weighted by atomic mass is 9.96. The van der Waals surface area contributed by atoms with Crippen LogP contribution in [0.5, 0.6) is 0 Å². The van der Waals surface area contributed by atoms with E-state index in [2.05, 4.69) is 0 Å². The second-order valence-corrected chi connectivity index (χ2v) is 4.78. The summed E-state index contributed by atoms with van der Waals surface area (Å²) in [5, 5.41) is 7.19. The summed E-state index contributed by atoms with van der Waals surface area (Å²) in [5.41, 5.74) is 0. The number of rotatable bonds is 1. The van der Waals surface area contributed by atoms with Crippen molar-refractivity contribution in [1.29, 1.82) is 5.41 Å². The van der Waals surface area contributed by atoms with Crippen molar-refractivity contribution in [1.82, 2.24) is 0 Å². The average Bonchev–Trinajstić information content (AvgIpc) is 1.75. The number of ether oxygens (including phenoxy) is 1. The molecule has 0 aromatic carbocycles. The zero-order chi connectivity index (χ0) is 8.48. The summed E-state index contributed by atoms with van der Waals surface area (Å²) in [7, 11) is 0. The predicted octanol–water partition coefficient (Wildman–Crippen LogP) is 2.90. The molecule has 64 valence electrons. The second kappa shape index (κ2) is 3.38. The minimum Gasteiger partial charge on any atom is -0.475 e. The first-order valence-corrected chi connectivity index (χ1v) is 4.46. The lowest BCUT2D eigenvalue weighted by Crippen LogP contribution is -2.31. The van der Waals surface area contributed by atoms with Crippen molar-refractivity contribution < 1.29 is 4.74 Å². The molecule has 1 saturated carbocycles. The number of hydrogen-bond donors (Lipinski definition) is 1. The Morgan fingerprint density at radius 1 is 1.36 bits per heavy atom. The van der Waals surface area contributed by atoms with Crippen molar-refractivity contribution >= 4 is 40.7 Å². The molecule has 1 N–H and O–H groups in total. The van der Waals surface area contributed by atoms with E-state index >= 15 is 0 Å². The van der Waals surface area contributed by atoms with Crippen LogP contribution in [0.15, 0.2) is 0 Å². The van der Waals surface area contributed by atoms with Crippen LogP contribution in [0.4, 0.5) is 0 Å². The van der Waals surface area contributed by atoms with Crippen LogP contribution in [0.3, 0.4) is 0 Å². The Labute approximate surface area is 80.3 Å². The van der Waals surface area contributed by atoms with E-state index in [0.29, 0.717) is 0 Å². The Morgan fingerprint density at radius 3 is 2.18 bits per heavy atom. The Bertz CT molecular complexity index is 162. The molecule has 0 aliphatic heterocycles. The maximum absolute atomic E-state index is 7.19. The maximum Gasteiger partial charge on any atom is 0.265 e. The first kappa shape index (κ1) is 9.43. The van der Waals surface area contributed by atoms with Crippen molar-refractivity contribution in [3.05, 3.63) is 0 Å². The number of hydrogen-bond acceptors (Lipinski definition) is 2. The standard InChI is InChI=1S/C6H8Cl3NO/c7-6(8,9)5(10)11-4-2-1-3-4/h4,10H,1-3H2. The highest BCUT2D eigenvalue weighted by molar-refractivity contribution is 6.76. The third-order valence-electron chi connectivity index (χ3n) is 1.59. The van der Waals surface area contributed by atoms with E-state index in [1.54, 1.807) is 0 Å². The molecule has 2 nitrogen and oxygen atoms in total. The number of nitrogens with one attached hydrogen (secondary N) is 1. The van der Waals surface area contributed by atoms with Gasteiger partial charge in [-0.05, 0) is 19.3 Å². The van der Waals surface area contributed by atoms with Gasteiger partial charge in [0, 0.05) is 0 Å². The molecule has 0 unspecified atom stereocenters. The van der Waals surface area contributed by atoms with E-state index in [1.807, 2.05) is 0 Å². The Morgan fingerprint density at radius 2 is 1.91 bits per heavy atom. The topological polar surface area (TPSA) is 33.1 Å². The van der Waals surface area contributed by atoms with Gasteiger partial charge in [0.2, 0.25) is 5.90 Å². The summed E-state index contributed by atoms with van der Waals surface area (Å²) in [4.78, 5) is 0. The first-order chi connectivity index (χ1) is 5.00. The lowest BCUT2D eigenvalue weighted by molar-refractivity contribution is 0.104. The number of halogens is 3. The summed E-state index contributed by atoms with van der Waals surface area (Å²) >= 11 is 16.2. The molecule has 0 bridgehead atoms. The van der Waals surface area contributed by atoms with Crippen LogP contribution in [0.25, 0.3) is 0 Å². The zero-order valence-corrected chi connectivity index (χ0v) is 8.01. The summed E-state index contributed by atoms with van der Waals surface area (Å²) in [6.45, 7) is 0. The van der Waals surface area contributed by atoms with Crippen molar-refractivity contribution in [2.45, 2.75) is 29.2 Å². The molecule has 0 aromatic heterocycles. The van der Waals surface area contributed by atoms with E-state index in [-0.39, 0.29) is 12.0 Å². The van der Waals surface area contributed by atoms with E-state index in [1.165, 1.54) is 0 Å². The second-order valence-electron chi connectivity index (χ2n) is 2.50. The molecule has 1 fully saturated rings. The fourth-order valence-corrected chi connectivity index (χ4v) is 0.856. The minimum atomic E-state index is -1.70. The first-order valence-electron chi connectivity index (χ1n) is 3.32. The van der Waals surface area contributed by atoms with Gasteiger partial charge >= 0.3 is 0 Å². The Hall–Kier alpha value is 0.340. The normalized spacial score (nSPS) is 19.2. The van der Waals surface area contributed by atoms with Crippen LogP contribution in [0, 0.1) is 5.41 Å². The third-order valence-corrected chi connectivity index (χ3v) is 2.11. The molecule has 0 amide bonds. The molecular weight excluding hydrogens is 208 g/mol. The van der Waals surface area contributed by atoms with Crippen LogP contribution in [0.1, 0.15) is 19.3 Å². The molecular formula is C6H8Cl3NO. The SMILES string of the molecule is N=C(OC1CCC1)C(Cl)(Cl)Cl. The molecule has 1 aliphatic carbocycles. The summed E-state index contributed by atoms with van der Waals surface area (Å²) in [6.07, 6.45) is 3.16. The van der Waals surface area contributed by atoms with Crippen molar-refractivity contribution in [3.8, 4) is 0 Å². The highest BCUT2D eigenvalue weighted by Crippen LogP contribution is 2.31. The van der Waals surface area contributed by atoms with Gasteiger partial charge in [-0.1, -0.05) is 34.8 Å². The molecule has 0 spiro atoms. The van der Waals surface area contributed by atoms with Gasteiger partial charge in [-0.25, -0.2) is 0 Å². The van der Waals surface area contributed by atoms with Gasteiger partial charge in [0.15, 0.2) is 0 Å². The molecule has 1 aliphatic rings. The third kappa shape index (κ3) is 2.69. The quantitative estimate of drug-likeness (QED) is 0.408. The largest absolute Gasteiger partial charge is 0.475 e. The minimum absolute atomic E-state index is 0.0955. The van der Waals surface area contributed by atoms with Crippen LogP contribution in [0.2, 0.25) is 0 Å². The highest BCUT2D eigenvalue weighted by atomic mass is 35.6. The van der Waals surface area contributed by atoms with Gasteiger partial charge in [-0.2, -0.15) is 0 Å². The molecule has 0 atom stereocenters. The number of alkyl halides is 3. The molecule has 0 radical (unpaired) electrons. The molecule has 0 aromatic rings. The van der Waals surface area contributed by atoms with Gasteiger partial charge in [-0.3, -0.25) is 5.41 Å². The lowest BCUT2D eigenvalue weighted by Gasteiger charge is -2.28. The highest BCUT2D eigenvalue weighted by Gasteiger charge is 2.32. The summed E-state index contributed by atoms with van der Waals surface area (Å²) in [5.74, 6) is -0.271. The van der Waals surface area contributed by atoms with Crippen molar-refractivity contribution in [3.63, 3.8) is 0 Å². The van der Waals surface area contributed by atoms with Gasteiger partial charge < -0.3 is 4.74 Å². The van der Waals surface area contributed by atoms with Crippen LogP contribution in [-0.2, 0) is 4.74 Å². The van der Waals surface area contributed by atoms with E-state index in [0.717, 1.165) is 19.3 Å². The van der Waals surface area contributed by atoms with Gasteiger partial charge in [-0.15, -0.1) is 0 Å². The Balaban J connectivity index is 2.30. The fourth-order valence-electron chi connectivity index (χ4n) is 0.722. The predicted molar refractivity (Wildman–Crippen MR) is 46.7 cm³/mol. The monoisotopic (exact) mass is 215 g/mol. The van der Waals surface area contributed by atoms with Gasteiger partial charge in [0.25, 0.3) is 3.79 Å². The molecule has 5 heteroatoms. The van der Waals surface area contributed by atoms with Crippen LogP contribution >= 0.6 is 34.8 Å². The molecule has 11 heavy (non-hydrogen) atoms. The maximum atomic E-state index is 7.19. The zero-order valence-electron chi connectivity index (χ0n) is 5.74. The van der Waals surface area contributed by atoms with Gasteiger partial charge in [0.05, 0.1) is 0 Å². The van der Waals surface area contributed by atoms with Gasteiger partial charge in [0.1, 0.15) is 6.10 Å². The van der Waals surface area contributed by atoms with E-state index < -0.39 is 3.79 Å². The molecule has 1 rings (SSSR count). The summed E-state index contributed by atoms with van der Waals surface area (Å²) < 4.78 is 3.34. The summed E-state index contributed by atoms with van der Waals surface area (Å²) in [6, 6.07) is 0. The van der Waals surface area contributed by atoms with Crippen LogP contribution in [-0.4, -0.2) is 15.8 Å². The Kier molecular flexibility index (Phi) is 2.90. The van der Waals surface area contributed by atoms with Crippen LogP contribution < -0.4 is 0 Å². The smallest absolute Gasteiger partial charge is 0.265 e. The fraction of sp³-hybridized carbons (Fsp3) is 0.833. The van der Waals surface area contributed by atoms with Crippen molar-refractivity contribution in [2.75, 3.05) is 0 Å². The molecule has 0 saturated heterocycles. The van der Waals surface area contributed by atoms with Crippen molar-refractivity contribution in [2.24, 2.45) is 0 Å². The van der Waals surface area contributed by atoms with E-state index in [4.69, 9.17) is 44.9 Å².